The maximum Gasteiger partial charge on any atom is 0.237 e. The number of sulfonamides is 1. The van der Waals surface area contributed by atoms with Crippen LogP contribution in [0.25, 0.3) is 10.8 Å². The molecule has 0 aromatic heterocycles. The molecule has 0 spiro atoms. The number of rotatable bonds is 13. The predicted octanol–water partition coefficient (Wildman–Crippen LogP) is 5.10. The number of β-amino-alcohol motifs (C(OH)–C–C–N with tert-alkyl or cyclic N) is 1. The molecule has 50 heavy (non-hydrogen) atoms. The number of hydrogen-bond donors (Lipinski definition) is 3. The molecular formula is C39H53N3O6S2. The summed E-state index contributed by atoms with van der Waals surface area (Å²) in [6, 6.07) is 20.6. The molecule has 1 unspecified atom stereocenters. The van der Waals surface area contributed by atoms with Gasteiger partial charge in [0, 0.05) is 24.5 Å². The molecule has 1 aliphatic carbocycles. The van der Waals surface area contributed by atoms with Gasteiger partial charge in [0.2, 0.25) is 15.9 Å². The molecule has 1 heterocycles. The molecule has 1 aliphatic heterocycles. The Morgan fingerprint density at radius 1 is 0.920 bits per heavy atom. The average molecular weight is 724 g/mol. The fourth-order valence-corrected chi connectivity index (χ4v) is 9.85. The van der Waals surface area contributed by atoms with Gasteiger partial charge in [-0.15, -0.1) is 0 Å². The Morgan fingerprint density at radius 3 is 2.26 bits per heavy atom. The number of carbonyl (C=O) groups excluding carboxylic acids is 1. The number of likely N-dealkylation sites (tertiary alicyclic amines) is 1. The number of aliphatic hydroxyl groups excluding tert-OH is 1. The van der Waals surface area contributed by atoms with Crippen LogP contribution in [0.5, 0.6) is 0 Å². The first-order valence-electron chi connectivity index (χ1n) is 17.7. The van der Waals surface area contributed by atoms with Gasteiger partial charge in [-0.25, -0.2) is 21.6 Å². The molecule has 6 atom stereocenters. The van der Waals surface area contributed by atoms with Gasteiger partial charge in [0.05, 0.1) is 35.1 Å². The Balaban J connectivity index is 1.41. The molecular weight excluding hydrogens is 671 g/mol. The minimum atomic E-state index is -3.91. The number of aliphatic hydroxyl groups is 1. The Bertz CT molecular complexity index is 1860. The molecule has 2 aliphatic rings. The van der Waals surface area contributed by atoms with E-state index in [0.29, 0.717) is 18.3 Å². The normalized spacial score (nSPS) is 22.5. The van der Waals surface area contributed by atoms with Gasteiger partial charge in [-0.05, 0) is 80.3 Å². The van der Waals surface area contributed by atoms with E-state index in [2.05, 4.69) is 14.9 Å². The highest BCUT2D eigenvalue weighted by molar-refractivity contribution is 7.91. The molecule has 3 aromatic rings. The van der Waals surface area contributed by atoms with E-state index in [1.807, 2.05) is 75.4 Å². The van der Waals surface area contributed by atoms with Crippen molar-refractivity contribution < 1.29 is 26.7 Å². The zero-order chi connectivity index (χ0) is 36.1. The van der Waals surface area contributed by atoms with Crippen LogP contribution in [0.4, 0.5) is 0 Å². The van der Waals surface area contributed by atoms with Crippen LogP contribution in [-0.2, 0) is 31.1 Å². The van der Waals surface area contributed by atoms with Crippen molar-refractivity contribution in [2.24, 2.45) is 17.8 Å². The lowest BCUT2D eigenvalue weighted by Crippen LogP contribution is -2.59. The summed E-state index contributed by atoms with van der Waals surface area (Å²) in [5.41, 5.74) is 0.587. The average Bonchev–Trinajstić information content (AvgIpc) is 3.04. The van der Waals surface area contributed by atoms with Crippen molar-refractivity contribution >= 4 is 36.5 Å². The second-order valence-corrected chi connectivity index (χ2v) is 19.2. The van der Waals surface area contributed by atoms with Gasteiger partial charge < -0.3 is 10.4 Å². The van der Waals surface area contributed by atoms with Crippen LogP contribution < -0.4 is 10.0 Å². The molecule has 3 aromatic carbocycles. The van der Waals surface area contributed by atoms with Crippen molar-refractivity contribution in [1.29, 1.82) is 0 Å². The van der Waals surface area contributed by atoms with E-state index in [-0.39, 0.29) is 23.4 Å². The van der Waals surface area contributed by atoms with Crippen molar-refractivity contribution in [1.82, 2.24) is 14.9 Å². The Morgan fingerprint density at radius 2 is 1.58 bits per heavy atom. The van der Waals surface area contributed by atoms with Gasteiger partial charge in [-0.2, -0.15) is 0 Å². The summed E-state index contributed by atoms with van der Waals surface area (Å²) < 4.78 is 54.7. The van der Waals surface area contributed by atoms with E-state index in [0.717, 1.165) is 48.4 Å². The van der Waals surface area contributed by atoms with E-state index in [4.69, 9.17) is 0 Å². The van der Waals surface area contributed by atoms with E-state index in [9.17, 15) is 26.7 Å². The van der Waals surface area contributed by atoms with Crippen LogP contribution in [0.15, 0.2) is 89.8 Å². The van der Waals surface area contributed by atoms with Crippen molar-refractivity contribution in [3.05, 3.63) is 90.5 Å². The lowest BCUT2D eigenvalue weighted by molar-refractivity contribution is -0.132. The SMILES string of the molecule is CC(C)(C)NC(=O)C1C[C@@H]2CCCC[C@@H]2CN1C[C@H](O)[C@@H](/C=C/[C@@H](CS(=O)(=O)c1ccc2ccccc2c1)NS(C)(=O)=O)Cc1ccccc1. The van der Waals surface area contributed by atoms with Crippen LogP contribution in [0.3, 0.4) is 0 Å². The van der Waals surface area contributed by atoms with E-state index < -0.39 is 49.2 Å². The fraction of sp³-hybridized carbons (Fsp3) is 0.513. The number of fused-ring (bicyclic) bond motifs is 2. The maximum atomic E-state index is 13.7. The number of hydrogen-bond acceptors (Lipinski definition) is 7. The van der Waals surface area contributed by atoms with E-state index in [1.54, 1.807) is 30.4 Å². The molecule has 9 nitrogen and oxygen atoms in total. The Labute approximate surface area is 298 Å². The highest BCUT2D eigenvalue weighted by atomic mass is 32.2. The van der Waals surface area contributed by atoms with Crippen LogP contribution in [-0.4, -0.2) is 81.6 Å². The first-order valence-corrected chi connectivity index (χ1v) is 21.3. The van der Waals surface area contributed by atoms with Gasteiger partial charge in [0.15, 0.2) is 9.84 Å². The largest absolute Gasteiger partial charge is 0.391 e. The summed E-state index contributed by atoms with van der Waals surface area (Å²) in [6.45, 7) is 6.90. The molecule has 0 bridgehead atoms. The number of sulfone groups is 1. The molecule has 11 heteroatoms. The predicted molar refractivity (Wildman–Crippen MR) is 200 cm³/mol. The molecule has 272 valence electrons. The highest BCUT2D eigenvalue weighted by Crippen LogP contribution is 2.39. The molecule has 5 rings (SSSR count). The summed E-state index contributed by atoms with van der Waals surface area (Å²) in [5, 5.41) is 16.8. The third-order valence-electron chi connectivity index (χ3n) is 9.97. The quantitative estimate of drug-likeness (QED) is 0.209. The van der Waals surface area contributed by atoms with Crippen LogP contribution in [0.2, 0.25) is 0 Å². The molecule has 2 fully saturated rings. The first kappa shape index (κ1) is 38.1. The second kappa shape index (κ2) is 16.1. The zero-order valence-corrected chi connectivity index (χ0v) is 31.3. The Hall–Kier alpha value is -3.09. The highest BCUT2D eigenvalue weighted by Gasteiger charge is 2.41. The van der Waals surface area contributed by atoms with Gasteiger partial charge >= 0.3 is 0 Å². The third kappa shape index (κ3) is 10.7. The second-order valence-electron chi connectivity index (χ2n) is 15.3. The van der Waals surface area contributed by atoms with Gasteiger partial charge in [-0.1, -0.05) is 92.1 Å². The minimum absolute atomic E-state index is 0.0276. The summed E-state index contributed by atoms with van der Waals surface area (Å²) in [6.07, 6.45) is 9.19. The number of benzene rings is 3. The smallest absolute Gasteiger partial charge is 0.237 e. The summed E-state index contributed by atoms with van der Waals surface area (Å²) in [4.78, 5) is 15.9. The van der Waals surface area contributed by atoms with Crippen LogP contribution in [0.1, 0.15) is 58.4 Å². The van der Waals surface area contributed by atoms with Crippen molar-refractivity contribution in [2.45, 2.75) is 87.9 Å². The standard InChI is InChI=1S/C39H53N3O6S2/c1-39(2,3)40-38(44)36-24-31-16-10-11-17-33(31)25-42(36)26-37(43)32(22-28-12-6-5-7-13-28)18-20-34(41-49(4,45)46)27-50(47,48)35-21-19-29-14-8-9-15-30(29)23-35/h5-9,12-15,18-21,23,31-34,36-37,41,43H,10-11,16-17,22,24-27H2,1-4H3,(H,40,44)/b20-18+/t31-,32-,33+,34-,36?,37-/m0/s1. The number of carbonyl (C=O) groups is 1. The van der Waals surface area contributed by atoms with Gasteiger partial charge in [-0.3, -0.25) is 9.69 Å². The molecule has 0 radical (unpaired) electrons. The van der Waals surface area contributed by atoms with Crippen LogP contribution >= 0.6 is 0 Å². The van der Waals surface area contributed by atoms with Gasteiger partial charge in [0.1, 0.15) is 0 Å². The summed E-state index contributed by atoms with van der Waals surface area (Å²) in [7, 11) is -7.70. The number of nitrogens with one attached hydrogen (secondary N) is 2. The fourth-order valence-electron chi connectivity index (χ4n) is 7.60. The summed E-state index contributed by atoms with van der Waals surface area (Å²) in [5.74, 6) is -0.0466. The minimum Gasteiger partial charge on any atom is -0.391 e. The monoisotopic (exact) mass is 723 g/mol. The molecule has 1 saturated carbocycles. The molecule has 1 amide bonds. The van der Waals surface area contributed by atoms with Crippen molar-refractivity contribution in [2.75, 3.05) is 25.1 Å². The zero-order valence-electron chi connectivity index (χ0n) is 29.7. The van der Waals surface area contributed by atoms with Crippen molar-refractivity contribution in [3.8, 4) is 0 Å². The number of piperidine rings is 1. The van der Waals surface area contributed by atoms with Crippen molar-refractivity contribution in [3.63, 3.8) is 0 Å². The van der Waals surface area contributed by atoms with E-state index in [1.165, 1.54) is 12.8 Å². The lowest BCUT2D eigenvalue weighted by atomic mass is 9.72. The first-order chi connectivity index (χ1) is 23.6. The third-order valence-corrected chi connectivity index (χ3v) is 12.5. The Kier molecular flexibility index (Phi) is 12.3. The maximum absolute atomic E-state index is 13.7. The lowest BCUT2D eigenvalue weighted by Gasteiger charge is -2.47. The van der Waals surface area contributed by atoms with Gasteiger partial charge in [0.25, 0.3) is 0 Å². The molecule has 1 saturated heterocycles. The van der Waals surface area contributed by atoms with Crippen LogP contribution in [0, 0.1) is 17.8 Å². The topological polar surface area (TPSA) is 133 Å². The van der Waals surface area contributed by atoms with E-state index >= 15 is 0 Å². The number of amides is 1. The molecule has 3 N–H and O–H groups in total. The number of nitrogens with zero attached hydrogens (tertiary/aromatic N) is 1. The summed E-state index contributed by atoms with van der Waals surface area (Å²) >= 11 is 0.